The normalized spacial score (nSPS) is 18.7. The Hall–Kier alpha value is -0.830. The second-order valence-electron chi connectivity index (χ2n) is 4.27. The van der Waals surface area contributed by atoms with Crippen molar-refractivity contribution in [3.8, 4) is 0 Å². The van der Waals surface area contributed by atoms with Gasteiger partial charge >= 0.3 is 0 Å². The molecule has 0 unspecified atom stereocenters. The molecule has 0 saturated heterocycles. The largest absolute Gasteiger partial charge is 0.306 e. The summed E-state index contributed by atoms with van der Waals surface area (Å²) in [6, 6.07) is 4.05. The minimum Gasteiger partial charge on any atom is -0.306 e. The number of halogens is 1. The summed E-state index contributed by atoms with van der Waals surface area (Å²) in [6.45, 7) is 2.28. The summed E-state index contributed by atoms with van der Waals surface area (Å²) in [5, 5.41) is 0. The number of rotatable bonds is 1. The van der Waals surface area contributed by atoms with Crippen LogP contribution in [0.1, 0.15) is 25.5 Å². The molecule has 14 heavy (non-hydrogen) atoms. The van der Waals surface area contributed by atoms with Crippen molar-refractivity contribution in [1.29, 1.82) is 0 Å². The van der Waals surface area contributed by atoms with Crippen LogP contribution in [0.4, 0.5) is 0 Å². The fourth-order valence-corrected chi connectivity index (χ4v) is 2.16. The van der Waals surface area contributed by atoms with Crippen LogP contribution in [0.15, 0.2) is 29.0 Å². The van der Waals surface area contributed by atoms with Crippen LogP contribution in [0, 0.1) is 0 Å². The molecular formula is C11H11BrN2. The monoisotopic (exact) mass is 250 g/mol. The second kappa shape index (κ2) is 2.60. The van der Waals surface area contributed by atoms with E-state index in [9.17, 15) is 0 Å². The van der Waals surface area contributed by atoms with Gasteiger partial charge in [-0.15, -0.1) is 0 Å². The van der Waals surface area contributed by atoms with Gasteiger partial charge in [0.2, 0.25) is 0 Å². The fourth-order valence-electron chi connectivity index (χ4n) is 1.71. The average molecular weight is 251 g/mol. The molecule has 1 fully saturated rings. The molecule has 1 saturated carbocycles. The summed E-state index contributed by atoms with van der Waals surface area (Å²) in [4.78, 5) is 4.66. The number of hydrogen-bond donors (Lipinski definition) is 0. The molecule has 0 aromatic carbocycles. The van der Waals surface area contributed by atoms with Crippen LogP contribution in [-0.2, 0) is 5.41 Å². The number of aromatic nitrogens is 2. The summed E-state index contributed by atoms with van der Waals surface area (Å²) in [7, 11) is 0. The van der Waals surface area contributed by atoms with Crippen LogP contribution in [0.25, 0.3) is 5.65 Å². The first-order valence-electron chi connectivity index (χ1n) is 4.83. The smallest absolute Gasteiger partial charge is 0.151 e. The van der Waals surface area contributed by atoms with E-state index in [-0.39, 0.29) is 0 Å². The predicted octanol–water partition coefficient (Wildman–Crippen LogP) is 3.15. The van der Waals surface area contributed by atoms with Crippen molar-refractivity contribution in [1.82, 2.24) is 9.38 Å². The van der Waals surface area contributed by atoms with Crippen LogP contribution < -0.4 is 0 Å². The molecule has 0 bridgehead atoms. The molecule has 2 nitrogen and oxygen atoms in total. The topological polar surface area (TPSA) is 17.3 Å². The second-order valence-corrected chi connectivity index (χ2v) is 5.13. The highest BCUT2D eigenvalue weighted by Gasteiger charge is 2.41. The van der Waals surface area contributed by atoms with Gasteiger partial charge < -0.3 is 4.40 Å². The number of imidazole rings is 1. The van der Waals surface area contributed by atoms with Gasteiger partial charge in [-0.05, 0) is 40.9 Å². The highest BCUT2D eigenvalue weighted by atomic mass is 79.9. The number of pyridine rings is 1. The Morgan fingerprint density at radius 3 is 2.93 bits per heavy atom. The Labute approximate surface area is 91.1 Å². The molecule has 3 heteroatoms. The van der Waals surface area contributed by atoms with Gasteiger partial charge in [-0.2, -0.15) is 0 Å². The molecule has 3 rings (SSSR count). The molecule has 72 valence electrons. The molecule has 1 aliphatic rings. The first-order chi connectivity index (χ1) is 6.69. The van der Waals surface area contributed by atoms with Crippen LogP contribution in [0.5, 0.6) is 0 Å². The summed E-state index contributed by atoms with van der Waals surface area (Å²) < 4.78 is 3.15. The Bertz CT molecular complexity index is 497. The third kappa shape index (κ3) is 1.12. The maximum absolute atomic E-state index is 4.66. The average Bonchev–Trinajstić information content (AvgIpc) is 2.77. The van der Waals surface area contributed by atoms with E-state index in [1.165, 1.54) is 18.5 Å². The summed E-state index contributed by atoms with van der Waals surface area (Å²) in [6.07, 6.45) is 6.73. The van der Waals surface area contributed by atoms with Crippen molar-refractivity contribution in [3.05, 3.63) is 34.7 Å². The van der Waals surface area contributed by atoms with Gasteiger partial charge in [-0.3, -0.25) is 0 Å². The molecule has 0 N–H and O–H groups in total. The zero-order chi connectivity index (χ0) is 9.76. The summed E-state index contributed by atoms with van der Waals surface area (Å²) in [5.41, 5.74) is 2.60. The Morgan fingerprint density at radius 2 is 2.29 bits per heavy atom. The zero-order valence-electron chi connectivity index (χ0n) is 8.00. The van der Waals surface area contributed by atoms with E-state index in [0.717, 1.165) is 10.1 Å². The molecule has 0 radical (unpaired) electrons. The van der Waals surface area contributed by atoms with Crippen LogP contribution in [-0.4, -0.2) is 9.38 Å². The van der Waals surface area contributed by atoms with E-state index in [1.54, 1.807) is 0 Å². The third-order valence-corrected chi connectivity index (χ3v) is 3.67. The lowest BCUT2D eigenvalue weighted by Crippen LogP contribution is -1.98. The van der Waals surface area contributed by atoms with Crippen LogP contribution in [0.2, 0.25) is 0 Å². The van der Waals surface area contributed by atoms with Gasteiger partial charge in [-0.25, -0.2) is 4.98 Å². The Balaban J connectivity index is 2.25. The Kier molecular flexibility index (Phi) is 1.57. The quantitative estimate of drug-likeness (QED) is 0.761. The van der Waals surface area contributed by atoms with E-state index in [0.29, 0.717) is 5.41 Å². The molecular weight excluding hydrogens is 240 g/mol. The molecule has 0 amide bonds. The zero-order valence-corrected chi connectivity index (χ0v) is 9.58. The van der Waals surface area contributed by atoms with Crippen molar-refractivity contribution in [2.75, 3.05) is 0 Å². The van der Waals surface area contributed by atoms with Gasteiger partial charge in [-0.1, -0.05) is 6.92 Å². The van der Waals surface area contributed by atoms with Crippen molar-refractivity contribution in [2.24, 2.45) is 0 Å². The molecule has 2 heterocycles. The first kappa shape index (κ1) is 8.48. The number of nitrogens with zero attached hydrogens (tertiary/aromatic N) is 2. The summed E-state index contributed by atoms with van der Waals surface area (Å²) in [5.74, 6) is 0. The lowest BCUT2D eigenvalue weighted by Gasteiger charge is -1.99. The van der Waals surface area contributed by atoms with Crippen molar-refractivity contribution in [2.45, 2.75) is 25.2 Å². The van der Waals surface area contributed by atoms with Gasteiger partial charge in [0, 0.05) is 17.8 Å². The maximum Gasteiger partial charge on any atom is 0.151 e. The fraction of sp³-hybridized carbons (Fsp3) is 0.364. The predicted molar refractivity (Wildman–Crippen MR) is 59.5 cm³/mol. The third-order valence-electron chi connectivity index (χ3n) is 3.05. The van der Waals surface area contributed by atoms with Crippen molar-refractivity contribution in [3.63, 3.8) is 0 Å². The van der Waals surface area contributed by atoms with E-state index in [4.69, 9.17) is 0 Å². The minimum absolute atomic E-state index is 0.353. The van der Waals surface area contributed by atoms with Crippen molar-refractivity contribution >= 4 is 21.6 Å². The highest BCUT2D eigenvalue weighted by molar-refractivity contribution is 9.10. The van der Waals surface area contributed by atoms with Gasteiger partial charge in [0.25, 0.3) is 0 Å². The molecule has 0 aliphatic heterocycles. The highest BCUT2D eigenvalue weighted by Crippen LogP contribution is 2.47. The van der Waals surface area contributed by atoms with Gasteiger partial charge in [0.1, 0.15) is 0 Å². The first-order valence-corrected chi connectivity index (χ1v) is 5.62. The lowest BCUT2D eigenvalue weighted by molar-refractivity contribution is 0.759. The van der Waals surface area contributed by atoms with Crippen molar-refractivity contribution < 1.29 is 0 Å². The van der Waals surface area contributed by atoms with Gasteiger partial charge in [0.05, 0.1) is 10.2 Å². The molecule has 2 aromatic rings. The lowest BCUT2D eigenvalue weighted by atomic mass is 10.1. The van der Waals surface area contributed by atoms with Gasteiger partial charge in [0.15, 0.2) is 5.65 Å². The van der Waals surface area contributed by atoms with Crippen LogP contribution >= 0.6 is 15.9 Å². The number of hydrogen-bond acceptors (Lipinski definition) is 1. The van der Waals surface area contributed by atoms with E-state index < -0.39 is 0 Å². The maximum atomic E-state index is 4.66. The van der Waals surface area contributed by atoms with E-state index in [1.807, 2.05) is 18.3 Å². The van der Waals surface area contributed by atoms with Crippen LogP contribution in [0.3, 0.4) is 0 Å². The Morgan fingerprint density at radius 1 is 1.50 bits per heavy atom. The molecule has 1 aliphatic carbocycles. The number of fused-ring (bicyclic) bond motifs is 1. The SMILES string of the molecule is CC1(c2cn3cccc(Br)c3n2)CC1. The van der Waals surface area contributed by atoms with E-state index in [2.05, 4.69) is 38.4 Å². The molecule has 2 aromatic heterocycles. The van der Waals surface area contributed by atoms with E-state index >= 15 is 0 Å². The molecule has 0 spiro atoms. The minimum atomic E-state index is 0.353. The standard InChI is InChI=1S/C11H11BrN2/c1-11(4-5-11)9-7-14-6-2-3-8(12)10(14)13-9/h2-3,6-7H,4-5H2,1H3. The summed E-state index contributed by atoms with van der Waals surface area (Å²) >= 11 is 3.51. The molecule has 0 atom stereocenters.